The Hall–Kier alpha value is -3.61. The van der Waals surface area contributed by atoms with E-state index in [1.807, 2.05) is 0 Å². The predicted molar refractivity (Wildman–Crippen MR) is 115 cm³/mol. The van der Waals surface area contributed by atoms with E-state index in [0.717, 1.165) is 12.1 Å². The highest BCUT2D eigenvalue weighted by atomic mass is 19.4. The van der Waals surface area contributed by atoms with Crippen LogP contribution in [0.4, 0.5) is 23.2 Å². The Labute approximate surface area is 193 Å². The van der Waals surface area contributed by atoms with Gasteiger partial charge in [0, 0.05) is 42.8 Å². The topological polar surface area (TPSA) is 90.4 Å². The molecule has 2 aromatic carbocycles. The number of likely N-dealkylation sites (tertiary alicyclic amines) is 1. The van der Waals surface area contributed by atoms with Crippen molar-refractivity contribution in [2.45, 2.75) is 19.0 Å². The van der Waals surface area contributed by atoms with Gasteiger partial charge in [0.1, 0.15) is 5.82 Å². The second-order valence-corrected chi connectivity index (χ2v) is 8.84. The summed E-state index contributed by atoms with van der Waals surface area (Å²) in [4.78, 5) is 28.4. The van der Waals surface area contributed by atoms with Gasteiger partial charge in [-0.05, 0) is 49.2 Å². The lowest BCUT2D eigenvalue weighted by molar-refractivity contribution is -0.137. The van der Waals surface area contributed by atoms with Crippen LogP contribution in [0.25, 0.3) is 0 Å². The van der Waals surface area contributed by atoms with Gasteiger partial charge in [0.2, 0.25) is 5.91 Å². The Morgan fingerprint density at radius 1 is 1.12 bits per heavy atom. The number of hydrogen-bond donors (Lipinski definition) is 1. The van der Waals surface area contributed by atoms with Gasteiger partial charge in [-0.15, -0.1) is 0 Å². The normalized spacial score (nSPS) is 19.8. The Balaban J connectivity index is 1.55. The summed E-state index contributed by atoms with van der Waals surface area (Å²) in [5, 5.41) is 9.04. The summed E-state index contributed by atoms with van der Waals surface area (Å²) in [5.74, 6) is -1.98. The van der Waals surface area contributed by atoms with Gasteiger partial charge in [-0.25, -0.2) is 4.39 Å². The first-order chi connectivity index (χ1) is 16.0. The summed E-state index contributed by atoms with van der Waals surface area (Å²) < 4.78 is 53.8. The van der Waals surface area contributed by atoms with Gasteiger partial charge in [0.15, 0.2) is 0 Å². The average molecular weight is 474 g/mol. The number of rotatable bonds is 3. The highest BCUT2D eigenvalue weighted by Gasteiger charge is 2.51. The number of benzene rings is 2. The first-order valence-corrected chi connectivity index (χ1v) is 10.7. The van der Waals surface area contributed by atoms with Crippen LogP contribution in [0.1, 0.15) is 34.3 Å². The number of nitriles is 1. The quantitative estimate of drug-likeness (QED) is 0.689. The zero-order chi connectivity index (χ0) is 24.7. The van der Waals surface area contributed by atoms with E-state index in [1.165, 1.54) is 30.3 Å². The molecule has 0 radical (unpaired) electrons. The van der Waals surface area contributed by atoms with Crippen molar-refractivity contribution in [2.24, 2.45) is 17.1 Å². The van der Waals surface area contributed by atoms with Crippen LogP contribution in [-0.4, -0.2) is 42.9 Å². The van der Waals surface area contributed by atoms with Crippen molar-refractivity contribution in [1.82, 2.24) is 4.90 Å². The van der Waals surface area contributed by atoms with Gasteiger partial charge in [-0.1, -0.05) is 6.07 Å². The van der Waals surface area contributed by atoms with Crippen molar-refractivity contribution in [3.8, 4) is 6.07 Å². The van der Waals surface area contributed by atoms with Gasteiger partial charge < -0.3 is 15.5 Å². The van der Waals surface area contributed by atoms with Crippen LogP contribution >= 0.6 is 0 Å². The zero-order valence-corrected chi connectivity index (χ0v) is 18.1. The summed E-state index contributed by atoms with van der Waals surface area (Å²) in [6.45, 7) is 1.07. The van der Waals surface area contributed by atoms with Crippen molar-refractivity contribution in [3.05, 3.63) is 65.0 Å². The molecule has 178 valence electrons. The van der Waals surface area contributed by atoms with Crippen LogP contribution in [-0.2, 0) is 11.0 Å². The number of carbonyl (C=O) groups excluding carboxylic acids is 2. The number of carbonyl (C=O) groups is 2. The minimum atomic E-state index is -4.69. The molecule has 6 nitrogen and oxygen atoms in total. The van der Waals surface area contributed by atoms with Crippen molar-refractivity contribution < 1.29 is 27.2 Å². The average Bonchev–Trinajstić information content (AvgIpc) is 3.17. The molecule has 1 unspecified atom stereocenters. The third-order valence-corrected chi connectivity index (χ3v) is 6.90. The monoisotopic (exact) mass is 474 g/mol. The van der Waals surface area contributed by atoms with Gasteiger partial charge in [0.25, 0.3) is 5.91 Å². The first-order valence-electron chi connectivity index (χ1n) is 10.7. The molecular formula is C24H22F4N4O2. The SMILES string of the molecule is N#Cc1ccc(N2CC(C(N)=O)C3(CCN(C(=O)c4cccc(F)c4)CC3)C2)cc1C(F)(F)F. The van der Waals surface area contributed by atoms with Gasteiger partial charge in [-0.2, -0.15) is 18.4 Å². The van der Waals surface area contributed by atoms with E-state index in [2.05, 4.69) is 0 Å². The highest BCUT2D eigenvalue weighted by Crippen LogP contribution is 2.47. The van der Waals surface area contributed by atoms with Crippen molar-refractivity contribution in [2.75, 3.05) is 31.1 Å². The lowest BCUT2D eigenvalue weighted by Crippen LogP contribution is -2.49. The van der Waals surface area contributed by atoms with Crippen LogP contribution < -0.4 is 10.6 Å². The lowest BCUT2D eigenvalue weighted by atomic mass is 9.70. The van der Waals surface area contributed by atoms with E-state index < -0.39 is 40.4 Å². The molecule has 2 saturated heterocycles. The maximum absolute atomic E-state index is 13.5. The first kappa shape index (κ1) is 23.5. The molecule has 2 fully saturated rings. The number of piperidine rings is 1. The third-order valence-electron chi connectivity index (χ3n) is 6.90. The van der Waals surface area contributed by atoms with Crippen LogP contribution in [0.5, 0.6) is 0 Å². The smallest absolute Gasteiger partial charge is 0.370 e. The molecule has 0 aliphatic carbocycles. The Bertz CT molecular complexity index is 1170. The van der Waals surface area contributed by atoms with E-state index in [1.54, 1.807) is 15.9 Å². The van der Waals surface area contributed by atoms with Crippen LogP contribution in [0.15, 0.2) is 42.5 Å². The largest absolute Gasteiger partial charge is 0.417 e. The predicted octanol–water partition coefficient (Wildman–Crippen LogP) is 3.56. The number of primary amides is 1. The fourth-order valence-corrected chi connectivity index (χ4v) is 5.08. The second kappa shape index (κ2) is 8.63. The molecule has 1 atom stereocenters. The van der Waals surface area contributed by atoms with E-state index in [9.17, 15) is 27.2 Å². The Kier molecular flexibility index (Phi) is 5.98. The molecule has 2 aliphatic rings. The van der Waals surface area contributed by atoms with Crippen molar-refractivity contribution in [1.29, 1.82) is 5.26 Å². The standard InChI is InChI=1S/C24H22F4N4O2/c25-17-3-1-2-15(10-17)22(34)31-8-6-23(7-9-31)14-32(13-20(23)21(30)33)18-5-4-16(12-29)19(11-18)24(26,27)28/h1-5,10-11,20H,6-9,13-14H2,(H2,30,33). The second-order valence-electron chi connectivity index (χ2n) is 8.84. The number of nitrogens with two attached hydrogens (primary N) is 1. The molecule has 2 aromatic rings. The van der Waals surface area contributed by atoms with Crippen molar-refractivity contribution >= 4 is 17.5 Å². The minimum Gasteiger partial charge on any atom is -0.370 e. The number of halogens is 4. The number of hydrogen-bond acceptors (Lipinski definition) is 4. The molecule has 4 rings (SSSR count). The summed E-state index contributed by atoms with van der Waals surface area (Å²) in [6.07, 6.45) is -3.83. The van der Waals surface area contributed by atoms with Gasteiger partial charge in [-0.3, -0.25) is 9.59 Å². The molecule has 1 spiro atoms. The lowest BCUT2D eigenvalue weighted by Gasteiger charge is -2.41. The zero-order valence-electron chi connectivity index (χ0n) is 18.1. The van der Waals surface area contributed by atoms with Crippen LogP contribution in [0.3, 0.4) is 0 Å². The number of alkyl halides is 3. The Morgan fingerprint density at radius 2 is 1.82 bits per heavy atom. The molecular weight excluding hydrogens is 452 g/mol. The molecule has 0 aromatic heterocycles. The molecule has 2 heterocycles. The van der Waals surface area contributed by atoms with E-state index in [4.69, 9.17) is 11.0 Å². The Morgan fingerprint density at radius 3 is 2.41 bits per heavy atom. The molecule has 10 heteroatoms. The van der Waals surface area contributed by atoms with Gasteiger partial charge in [0.05, 0.1) is 23.1 Å². The van der Waals surface area contributed by atoms with Crippen LogP contribution in [0.2, 0.25) is 0 Å². The fraction of sp³-hybridized carbons (Fsp3) is 0.375. The molecule has 0 saturated carbocycles. The van der Waals surface area contributed by atoms with E-state index >= 15 is 0 Å². The maximum Gasteiger partial charge on any atom is 0.417 e. The van der Waals surface area contributed by atoms with E-state index in [0.29, 0.717) is 32.5 Å². The molecule has 2 aliphatic heterocycles. The van der Waals surface area contributed by atoms with Crippen LogP contribution in [0, 0.1) is 28.5 Å². The number of amides is 2. The van der Waals surface area contributed by atoms with E-state index in [-0.39, 0.29) is 23.7 Å². The molecule has 34 heavy (non-hydrogen) atoms. The summed E-state index contributed by atoms with van der Waals surface area (Å²) in [5.41, 5.74) is 4.07. The fourth-order valence-electron chi connectivity index (χ4n) is 5.08. The maximum atomic E-state index is 13.5. The summed E-state index contributed by atoms with van der Waals surface area (Å²) >= 11 is 0. The van der Waals surface area contributed by atoms with Gasteiger partial charge >= 0.3 is 6.18 Å². The summed E-state index contributed by atoms with van der Waals surface area (Å²) in [7, 11) is 0. The highest BCUT2D eigenvalue weighted by molar-refractivity contribution is 5.94. The number of anilines is 1. The third kappa shape index (κ3) is 4.30. The molecule has 2 amide bonds. The molecule has 2 N–H and O–H groups in total. The van der Waals surface area contributed by atoms with Crippen molar-refractivity contribution in [3.63, 3.8) is 0 Å². The molecule has 0 bridgehead atoms. The summed E-state index contributed by atoms with van der Waals surface area (Å²) in [6, 6.07) is 10.5. The minimum absolute atomic E-state index is 0.149. The number of nitrogens with zero attached hydrogens (tertiary/aromatic N) is 3.